The zero-order valence-electron chi connectivity index (χ0n) is 18.0. The third kappa shape index (κ3) is 5.15. The Bertz CT molecular complexity index is 1620. The molecule has 0 aliphatic heterocycles. The number of azo groups is 1. The molecule has 1 amide bonds. The van der Waals surface area contributed by atoms with Crippen molar-refractivity contribution >= 4 is 75.8 Å². The highest BCUT2D eigenvalue weighted by Gasteiger charge is 2.32. The molecule has 0 radical (unpaired) electrons. The summed E-state index contributed by atoms with van der Waals surface area (Å²) in [6, 6.07) is 16.0. The first-order valence-electron chi connectivity index (χ1n) is 10.0. The SMILES string of the molecule is O=C(CN(c1ccc(Br)cc1[N+](=O)[O-])S(=O)(=O)c1ccccc1)N=Nc1c(O)[nH]c2ccc(Br)cc12. The number of H-pyrrole nitrogens is 1. The Morgan fingerprint density at radius 2 is 1.72 bits per heavy atom. The number of nitro benzene ring substituents is 1. The van der Waals surface area contributed by atoms with Gasteiger partial charge in [0.1, 0.15) is 12.2 Å². The van der Waals surface area contributed by atoms with Crippen LogP contribution < -0.4 is 4.31 Å². The Morgan fingerprint density at radius 3 is 2.42 bits per heavy atom. The highest BCUT2D eigenvalue weighted by molar-refractivity contribution is 9.10. The van der Waals surface area contributed by atoms with Crippen molar-refractivity contribution in [3.63, 3.8) is 0 Å². The number of fused-ring (bicyclic) bond motifs is 1. The van der Waals surface area contributed by atoms with Crippen LogP contribution in [0.1, 0.15) is 0 Å². The molecule has 14 heteroatoms. The summed E-state index contributed by atoms with van der Waals surface area (Å²) >= 11 is 6.45. The van der Waals surface area contributed by atoms with Crippen LogP contribution in [0.5, 0.6) is 5.88 Å². The average Bonchev–Trinajstić information content (AvgIpc) is 3.15. The maximum Gasteiger partial charge on any atom is 0.294 e. The van der Waals surface area contributed by atoms with E-state index in [-0.39, 0.29) is 22.2 Å². The van der Waals surface area contributed by atoms with Gasteiger partial charge in [-0.3, -0.25) is 14.9 Å². The summed E-state index contributed by atoms with van der Waals surface area (Å²) in [6.45, 7) is -0.879. The molecule has 3 aromatic carbocycles. The summed E-state index contributed by atoms with van der Waals surface area (Å²) in [5.41, 5.74) is -0.343. The Balaban J connectivity index is 1.75. The summed E-state index contributed by atoms with van der Waals surface area (Å²) < 4.78 is 28.5. The van der Waals surface area contributed by atoms with E-state index in [1.807, 2.05) is 0 Å². The van der Waals surface area contributed by atoms with Gasteiger partial charge in [0.05, 0.1) is 15.3 Å². The van der Waals surface area contributed by atoms with E-state index in [4.69, 9.17) is 0 Å². The van der Waals surface area contributed by atoms with Crippen molar-refractivity contribution in [2.45, 2.75) is 4.90 Å². The number of hydrogen-bond donors (Lipinski definition) is 2. The van der Waals surface area contributed by atoms with Crippen LogP contribution >= 0.6 is 31.9 Å². The van der Waals surface area contributed by atoms with Gasteiger partial charge in [0, 0.05) is 20.4 Å². The van der Waals surface area contributed by atoms with Crippen LogP contribution in [0.3, 0.4) is 0 Å². The van der Waals surface area contributed by atoms with Crippen LogP contribution in [0, 0.1) is 10.1 Å². The molecule has 11 nitrogen and oxygen atoms in total. The Morgan fingerprint density at radius 1 is 1.06 bits per heavy atom. The number of aromatic hydroxyl groups is 1. The van der Waals surface area contributed by atoms with Crippen LogP contribution in [-0.2, 0) is 14.8 Å². The number of nitrogens with one attached hydrogen (secondary N) is 1. The number of hydrogen-bond acceptors (Lipinski definition) is 7. The van der Waals surface area contributed by atoms with E-state index in [0.717, 1.165) is 6.07 Å². The van der Waals surface area contributed by atoms with Gasteiger partial charge in [0.15, 0.2) is 5.69 Å². The van der Waals surface area contributed by atoms with E-state index in [2.05, 4.69) is 47.1 Å². The lowest BCUT2D eigenvalue weighted by molar-refractivity contribution is -0.384. The van der Waals surface area contributed by atoms with Crippen LogP contribution in [0.25, 0.3) is 10.9 Å². The minimum atomic E-state index is -4.41. The lowest BCUT2D eigenvalue weighted by Gasteiger charge is -2.22. The number of rotatable bonds is 7. The van der Waals surface area contributed by atoms with Gasteiger partial charge in [0.25, 0.3) is 21.6 Å². The molecule has 0 atom stereocenters. The van der Waals surface area contributed by atoms with Gasteiger partial charge in [0.2, 0.25) is 5.88 Å². The van der Waals surface area contributed by atoms with E-state index in [9.17, 15) is 28.4 Å². The molecule has 0 saturated carbocycles. The molecule has 0 saturated heterocycles. The fraction of sp³-hybridized carbons (Fsp3) is 0.0455. The molecule has 184 valence electrons. The lowest BCUT2D eigenvalue weighted by atomic mass is 10.2. The smallest absolute Gasteiger partial charge is 0.294 e. The fourth-order valence-corrected chi connectivity index (χ4v) is 5.53. The van der Waals surface area contributed by atoms with E-state index in [1.165, 1.54) is 36.4 Å². The van der Waals surface area contributed by atoms with E-state index in [1.54, 1.807) is 24.3 Å². The number of aromatic nitrogens is 1. The first kappa shape index (κ1) is 25.5. The number of halogens is 2. The summed E-state index contributed by atoms with van der Waals surface area (Å²) in [7, 11) is -4.41. The van der Waals surface area contributed by atoms with Crippen molar-refractivity contribution < 1.29 is 23.2 Å². The van der Waals surface area contributed by atoms with Crippen molar-refractivity contribution in [1.82, 2.24) is 4.98 Å². The molecule has 0 spiro atoms. The summed E-state index contributed by atoms with van der Waals surface area (Å²) in [6.07, 6.45) is 0. The van der Waals surface area contributed by atoms with Gasteiger partial charge in [-0.25, -0.2) is 12.7 Å². The van der Waals surface area contributed by atoms with Crippen molar-refractivity contribution in [3.05, 3.63) is 85.8 Å². The highest BCUT2D eigenvalue weighted by Crippen LogP contribution is 2.37. The fourth-order valence-electron chi connectivity index (χ4n) is 3.37. The van der Waals surface area contributed by atoms with E-state index < -0.39 is 33.1 Å². The normalized spacial score (nSPS) is 11.7. The summed E-state index contributed by atoms with van der Waals surface area (Å²) in [4.78, 5) is 26.3. The van der Waals surface area contributed by atoms with E-state index in [0.29, 0.717) is 24.2 Å². The van der Waals surface area contributed by atoms with Crippen molar-refractivity contribution in [2.24, 2.45) is 10.2 Å². The van der Waals surface area contributed by atoms with Gasteiger partial charge in [-0.2, -0.15) is 0 Å². The molecule has 4 rings (SSSR count). The summed E-state index contributed by atoms with van der Waals surface area (Å²) in [5.74, 6) is -1.35. The summed E-state index contributed by atoms with van der Waals surface area (Å²) in [5, 5.41) is 29.7. The van der Waals surface area contributed by atoms with Crippen LogP contribution in [-0.4, -0.2) is 35.9 Å². The maximum atomic E-state index is 13.4. The molecule has 36 heavy (non-hydrogen) atoms. The number of sulfonamides is 1. The molecule has 0 fully saturated rings. The minimum Gasteiger partial charge on any atom is -0.493 e. The topological polar surface area (TPSA) is 158 Å². The maximum absolute atomic E-state index is 13.4. The zero-order valence-corrected chi connectivity index (χ0v) is 22.0. The molecular weight excluding hydrogens is 622 g/mol. The van der Waals surface area contributed by atoms with Gasteiger partial charge in [-0.1, -0.05) is 50.1 Å². The molecule has 1 aromatic heterocycles. The van der Waals surface area contributed by atoms with Crippen molar-refractivity contribution in [2.75, 3.05) is 10.8 Å². The van der Waals surface area contributed by atoms with Gasteiger partial charge in [-0.05, 0) is 42.5 Å². The highest BCUT2D eigenvalue weighted by atomic mass is 79.9. The lowest BCUT2D eigenvalue weighted by Crippen LogP contribution is -2.35. The molecule has 0 unspecified atom stereocenters. The van der Waals surface area contributed by atoms with Crippen molar-refractivity contribution in [3.8, 4) is 5.88 Å². The predicted molar refractivity (Wildman–Crippen MR) is 139 cm³/mol. The molecule has 0 bridgehead atoms. The Labute approximate surface area is 220 Å². The second-order valence-electron chi connectivity index (χ2n) is 7.32. The minimum absolute atomic E-state index is 0.0215. The average molecular weight is 637 g/mol. The van der Waals surface area contributed by atoms with Crippen LogP contribution in [0.15, 0.2) is 90.8 Å². The third-order valence-corrected chi connectivity index (χ3v) is 7.75. The number of nitro groups is 1. The molecular formula is C22H15Br2N5O6S. The van der Waals surface area contributed by atoms with E-state index >= 15 is 0 Å². The first-order valence-corrected chi connectivity index (χ1v) is 13.1. The Hall–Kier alpha value is -3.62. The molecule has 0 aliphatic carbocycles. The third-order valence-electron chi connectivity index (χ3n) is 4.99. The molecule has 0 aliphatic rings. The standard InChI is InChI=1S/C22H15Br2N5O6S/c23-13-6-8-17-16(10-13)21(22(31)25-17)27-26-20(30)12-28(36(34,35)15-4-2-1-3-5-15)18-9-7-14(24)11-19(18)29(32)33/h1-11,25,31H,12H2. The second kappa shape index (κ2) is 10.2. The van der Waals surface area contributed by atoms with Crippen LogP contribution in [0.4, 0.5) is 17.1 Å². The molecule has 4 aromatic rings. The van der Waals surface area contributed by atoms with Gasteiger partial charge in [-0.15, -0.1) is 10.2 Å². The number of anilines is 1. The van der Waals surface area contributed by atoms with Gasteiger partial charge >= 0.3 is 0 Å². The zero-order chi connectivity index (χ0) is 26.0. The number of carbonyl (C=O) groups excluding carboxylic acids is 1. The molecule has 2 N–H and O–H groups in total. The first-order chi connectivity index (χ1) is 17.1. The second-order valence-corrected chi connectivity index (χ2v) is 11.0. The van der Waals surface area contributed by atoms with Gasteiger partial charge < -0.3 is 10.1 Å². The predicted octanol–water partition coefficient (Wildman–Crippen LogP) is 5.81. The van der Waals surface area contributed by atoms with Crippen molar-refractivity contribution in [1.29, 1.82) is 0 Å². The number of nitrogens with zero attached hydrogens (tertiary/aromatic N) is 4. The van der Waals surface area contributed by atoms with Crippen LogP contribution in [0.2, 0.25) is 0 Å². The quantitative estimate of drug-likeness (QED) is 0.148. The number of benzene rings is 3. The monoisotopic (exact) mass is 635 g/mol. The Kier molecular flexibility index (Phi) is 7.19. The largest absolute Gasteiger partial charge is 0.493 e. The number of carbonyl (C=O) groups is 1. The number of amides is 1. The molecule has 1 heterocycles. The number of aromatic amines is 1.